The van der Waals surface area contributed by atoms with Crippen LogP contribution in [-0.2, 0) is 33.5 Å². The van der Waals surface area contributed by atoms with E-state index in [-0.39, 0.29) is 30.0 Å². The molecule has 1 aliphatic rings. The molecule has 36 heavy (non-hydrogen) atoms. The molecule has 2 aromatic carbocycles. The van der Waals surface area contributed by atoms with E-state index in [9.17, 15) is 9.59 Å². The summed E-state index contributed by atoms with van der Waals surface area (Å²) in [6, 6.07) is 15.2. The molecule has 1 amide bonds. The fourth-order valence-corrected chi connectivity index (χ4v) is 4.36. The Morgan fingerprint density at radius 2 is 1.86 bits per heavy atom. The van der Waals surface area contributed by atoms with E-state index in [0.717, 1.165) is 16.7 Å². The number of aromatic nitrogens is 1. The number of nitrogens with zero attached hydrogens (tertiary/aromatic N) is 1. The number of amides is 1. The van der Waals surface area contributed by atoms with Crippen LogP contribution in [-0.4, -0.2) is 47.5 Å². The maximum atomic E-state index is 12.6. The zero-order chi connectivity index (χ0) is 25.5. The molecule has 1 aliphatic heterocycles. The summed E-state index contributed by atoms with van der Waals surface area (Å²) < 4.78 is 17.5. The molecule has 2 heterocycles. The van der Waals surface area contributed by atoms with E-state index in [4.69, 9.17) is 30.6 Å². The van der Waals surface area contributed by atoms with Crippen LogP contribution in [0.3, 0.4) is 0 Å². The molecule has 3 aromatic rings. The average Bonchev–Trinajstić information content (AvgIpc) is 3.35. The molecule has 9 heteroatoms. The van der Waals surface area contributed by atoms with Gasteiger partial charge in [0.05, 0.1) is 18.6 Å². The van der Waals surface area contributed by atoms with Crippen LogP contribution < -0.4 is 5.32 Å². The molecule has 0 aliphatic carbocycles. The van der Waals surface area contributed by atoms with Gasteiger partial charge < -0.3 is 24.3 Å². The highest BCUT2D eigenvalue weighted by Crippen LogP contribution is 2.31. The lowest BCUT2D eigenvalue weighted by molar-refractivity contribution is -0.214. The maximum absolute atomic E-state index is 12.6. The first-order valence-electron chi connectivity index (χ1n) is 11.9. The van der Waals surface area contributed by atoms with Gasteiger partial charge in [0, 0.05) is 18.0 Å². The minimum Gasteiger partial charge on any atom is -0.481 e. The second-order valence-corrected chi connectivity index (χ2v) is 9.19. The fourth-order valence-electron chi connectivity index (χ4n) is 4.23. The van der Waals surface area contributed by atoms with Crippen molar-refractivity contribution < 1.29 is 28.6 Å². The Morgan fingerprint density at radius 3 is 2.61 bits per heavy atom. The predicted octanol–water partition coefficient (Wildman–Crippen LogP) is 4.41. The van der Waals surface area contributed by atoms with Crippen molar-refractivity contribution in [2.45, 2.75) is 50.9 Å². The summed E-state index contributed by atoms with van der Waals surface area (Å²) in [6.07, 6.45) is 2.35. The fraction of sp³-hybridized carbons (Fsp3) is 0.370. The summed E-state index contributed by atoms with van der Waals surface area (Å²) in [4.78, 5) is 28.1. The Kier molecular flexibility index (Phi) is 8.74. The van der Waals surface area contributed by atoms with Crippen LogP contribution in [0.1, 0.15) is 52.3 Å². The van der Waals surface area contributed by atoms with Gasteiger partial charge in [-0.15, -0.1) is 0 Å². The number of carboxylic acid groups (broad SMARTS) is 1. The lowest BCUT2D eigenvalue weighted by Crippen LogP contribution is -2.39. The highest BCUT2D eigenvalue weighted by Gasteiger charge is 2.35. The lowest BCUT2D eigenvalue weighted by atomic mass is 9.91. The number of hydrogen-bond donors (Lipinski definition) is 2. The number of oxazole rings is 1. The third-order valence-electron chi connectivity index (χ3n) is 6.16. The van der Waals surface area contributed by atoms with Crippen LogP contribution in [0.4, 0.5) is 0 Å². The summed E-state index contributed by atoms with van der Waals surface area (Å²) in [6.45, 7) is 2.61. The molecule has 2 N–H and O–H groups in total. The molecule has 190 valence electrons. The van der Waals surface area contributed by atoms with Crippen LogP contribution in [0.15, 0.2) is 59.2 Å². The normalized spacial score (nSPS) is 19.7. The summed E-state index contributed by atoms with van der Waals surface area (Å²) in [5, 5.41) is 12.6. The third kappa shape index (κ3) is 6.94. The zero-order valence-electron chi connectivity index (χ0n) is 20.0. The van der Waals surface area contributed by atoms with Gasteiger partial charge in [-0.05, 0) is 55.0 Å². The number of rotatable bonds is 10. The van der Waals surface area contributed by atoms with E-state index in [1.54, 1.807) is 0 Å². The van der Waals surface area contributed by atoms with Crippen molar-refractivity contribution in [1.82, 2.24) is 10.3 Å². The van der Waals surface area contributed by atoms with Gasteiger partial charge in [-0.1, -0.05) is 48.0 Å². The van der Waals surface area contributed by atoms with E-state index in [1.807, 2.05) is 55.5 Å². The Morgan fingerprint density at radius 1 is 1.11 bits per heavy atom. The first kappa shape index (κ1) is 25.9. The smallest absolute Gasteiger partial charge is 0.303 e. The second-order valence-electron chi connectivity index (χ2n) is 8.75. The average molecular weight is 513 g/mol. The number of carboxylic acids is 1. The number of nitrogens with one attached hydrogen (secondary N) is 1. The summed E-state index contributed by atoms with van der Waals surface area (Å²) in [5.41, 5.74) is 3.24. The largest absolute Gasteiger partial charge is 0.481 e. The van der Waals surface area contributed by atoms with Gasteiger partial charge in [-0.25, -0.2) is 4.98 Å². The number of ether oxygens (including phenoxy) is 2. The number of aryl methyl sites for hydroxylation is 1. The predicted molar refractivity (Wildman–Crippen MR) is 133 cm³/mol. The van der Waals surface area contributed by atoms with Crippen LogP contribution >= 0.6 is 11.6 Å². The van der Waals surface area contributed by atoms with E-state index < -0.39 is 12.3 Å². The SMILES string of the molecule is C[C@H]1OC[C@@H](c2nc(C(=O)NCCc3ccc(Cl)cc3)co2)[C@@H](Cc2ccccc2CCC(=O)O)O1. The van der Waals surface area contributed by atoms with Gasteiger partial charge in [-0.2, -0.15) is 0 Å². The summed E-state index contributed by atoms with van der Waals surface area (Å²) >= 11 is 5.91. The van der Waals surface area contributed by atoms with Gasteiger partial charge >= 0.3 is 5.97 Å². The van der Waals surface area contributed by atoms with Crippen molar-refractivity contribution in [3.05, 3.63) is 88.1 Å². The number of aliphatic carboxylic acids is 1. The van der Waals surface area contributed by atoms with Crippen molar-refractivity contribution >= 4 is 23.5 Å². The Labute approximate surface area is 214 Å². The number of carbonyl (C=O) groups excluding carboxylic acids is 1. The first-order valence-corrected chi connectivity index (χ1v) is 12.3. The molecule has 0 saturated carbocycles. The van der Waals surface area contributed by atoms with Crippen molar-refractivity contribution in [2.75, 3.05) is 13.2 Å². The number of hydrogen-bond acceptors (Lipinski definition) is 6. The summed E-state index contributed by atoms with van der Waals surface area (Å²) in [7, 11) is 0. The van der Waals surface area contributed by atoms with Gasteiger partial charge in [0.2, 0.25) is 5.89 Å². The van der Waals surface area contributed by atoms with E-state index in [0.29, 0.717) is 43.3 Å². The van der Waals surface area contributed by atoms with Crippen molar-refractivity contribution in [2.24, 2.45) is 0 Å². The van der Waals surface area contributed by atoms with Crippen LogP contribution in [0.5, 0.6) is 0 Å². The first-order chi connectivity index (χ1) is 17.4. The Balaban J connectivity index is 1.41. The molecule has 1 fully saturated rings. The molecular weight excluding hydrogens is 484 g/mol. The maximum Gasteiger partial charge on any atom is 0.303 e. The molecular formula is C27H29ClN2O6. The summed E-state index contributed by atoms with van der Waals surface area (Å²) in [5.74, 6) is -1.10. The topological polar surface area (TPSA) is 111 Å². The highest BCUT2D eigenvalue weighted by atomic mass is 35.5. The molecule has 1 saturated heterocycles. The molecule has 0 unspecified atom stereocenters. The zero-order valence-corrected chi connectivity index (χ0v) is 20.7. The molecule has 3 atom stereocenters. The van der Waals surface area contributed by atoms with Crippen molar-refractivity contribution in [3.8, 4) is 0 Å². The van der Waals surface area contributed by atoms with E-state index >= 15 is 0 Å². The number of benzene rings is 2. The van der Waals surface area contributed by atoms with E-state index in [1.165, 1.54) is 6.26 Å². The number of halogens is 1. The van der Waals surface area contributed by atoms with Crippen LogP contribution in [0, 0.1) is 0 Å². The standard InChI is InChI=1S/C27H29ClN2O6/c1-17-34-15-22(24(36-17)14-20-5-3-2-4-19(20)8-11-25(31)32)27-30-23(16-35-27)26(33)29-13-12-18-6-9-21(28)10-7-18/h2-7,9-10,16-17,22,24H,8,11-15H2,1H3,(H,29,33)(H,31,32)/t17-,22+,24+/m0/s1. The molecule has 0 bridgehead atoms. The highest BCUT2D eigenvalue weighted by molar-refractivity contribution is 6.30. The Hall–Kier alpha value is -3.20. The molecule has 0 spiro atoms. The molecule has 8 nitrogen and oxygen atoms in total. The molecule has 4 rings (SSSR count). The van der Waals surface area contributed by atoms with Gasteiger partial charge in [0.25, 0.3) is 5.91 Å². The minimum absolute atomic E-state index is 0.0573. The van der Waals surface area contributed by atoms with Crippen LogP contribution in [0.25, 0.3) is 0 Å². The molecule has 1 aromatic heterocycles. The monoisotopic (exact) mass is 512 g/mol. The quantitative estimate of drug-likeness (QED) is 0.414. The minimum atomic E-state index is -0.836. The van der Waals surface area contributed by atoms with Crippen LogP contribution in [0.2, 0.25) is 5.02 Å². The molecule has 0 radical (unpaired) electrons. The van der Waals surface area contributed by atoms with Gasteiger partial charge in [-0.3, -0.25) is 9.59 Å². The van der Waals surface area contributed by atoms with E-state index in [2.05, 4.69) is 10.3 Å². The second kappa shape index (κ2) is 12.2. The Bertz CT molecular complexity index is 1180. The van der Waals surface area contributed by atoms with Gasteiger partial charge in [0.1, 0.15) is 6.26 Å². The van der Waals surface area contributed by atoms with Crippen molar-refractivity contribution in [1.29, 1.82) is 0 Å². The number of carbonyl (C=O) groups is 2. The lowest BCUT2D eigenvalue weighted by Gasteiger charge is -2.34. The third-order valence-corrected chi connectivity index (χ3v) is 6.41. The van der Waals surface area contributed by atoms with Gasteiger partial charge in [0.15, 0.2) is 12.0 Å². The van der Waals surface area contributed by atoms with Crippen molar-refractivity contribution in [3.63, 3.8) is 0 Å².